The van der Waals surface area contributed by atoms with Crippen molar-refractivity contribution in [2.24, 2.45) is 7.05 Å². The quantitative estimate of drug-likeness (QED) is 0.839. The predicted octanol–water partition coefficient (Wildman–Crippen LogP) is 0.739. The number of aromatic nitrogens is 4. The fraction of sp³-hybridized carbons (Fsp3) is 0.533. The van der Waals surface area contributed by atoms with Crippen LogP contribution in [0.25, 0.3) is 0 Å². The predicted molar refractivity (Wildman–Crippen MR) is 93.9 cm³/mol. The van der Waals surface area contributed by atoms with Crippen molar-refractivity contribution in [3.8, 4) is 0 Å². The molecule has 1 N–H and O–H groups in total. The minimum absolute atomic E-state index is 0.0800. The maximum absolute atomic E-state index is 12.4. The third-order valence-corrected chi connectivity index (χ3v) is 6.19. The van der Waals surface area contributed by atoms with Crippen LogP contribution < -0.4 is 5.32 Å². The lowest BCUT2D eigenvalue weighted by atomic mass is 10.3. The number of hydrogen-bond acceptors (Lipinski definition) is 5. The molecule has 0 fully saturated rings. The maximum atomic E-state index is 12.4. The Bertz CT molecular complexity index is 924. The van der Waals surface area contributed by atoms with Gasteiger partial charge in [0.25, 0.3) is 0 Å². The van der Waals surface area contributed by atoms with E-state index < -0.39 is 10.0 Å². The highest BCUT2D eigenvalue weighted by atomic mass is 32.2. The molecule has 10 heteroatoms. The second-order valence-corrected chi connectivity index (χ2v) is 8.25. The molecular weight excluding hydrogens is 344 g/mol. The van der Waals surface area contributed by atoms with Gasteiger partial charge in [-0.1, -0.05) is 0 Å². The van der Waals surface area contributed by atoms with Crippen LogP contribution in [-0.2, 0) is 28.4 Å². The summed E-state index contributed by atoms with van der Waals surface area (Å²) in [5, 5.41) is 11.3. The van der Waals surface area contributed by atoms with Gasteiger partial charge in [-0.2, -0.15) is 10.2 Å². The second-order valence-electron chi connectivity index (χ2n) is 6.16. The molecule has 0 spiro atoms. The number of nitrogens with one attached hydrogen (secondary N) is 1. The van der Waals surface area contributed by atoms with Gasteiger partial charge in [-0.15, -0.1) is 0 Å². The van der Waals surface area contributed by atoms with Crippen molar-refractivity contribution < 1.29 is 13.2 Å². The van der Waals surface area contributed by atoms with E-state index in [0.29, 0.717) is 17.1 Å². The van der Waals surface area contributed by atoms with E-state index in [1.807, 2.05) is 13.8 Å². The van der Waals surface area contributed by atoms with Crippen molar-refractivity contribution in [3.63, 3.8) is 0 Å². The summed E-state index contributed by atoms with van der Waals surface area (Å²) in [4.78, 5) is 12.5. The van der Waals surface area contributed by atoms with Crippen molar-refractivity contribution in [1.29, 1.82) is 0 Å². The van der Waals surface area contributed by atoms with Gasteiger partial charge in [0, 0.05) is 21.1 Å². The van der Waals surface area contributed by atoms with Crippen LogP contribution in [0.1, 0.15) is 22.8 Å². The van der Waals surface area contributed by atoms with E-state index >= 15 is 0 Å². The van der Waals surface area contributed by atoms with Gasteiger partial charge in [0.1, 0.15) is 11.4 Å². The molecule has 0 aliphatic rings. The zero-order valence-corrected chi connectivity index (χ0v) is 16.4. The molecule has 0 aromatic carbocycles. The van der Waals surface area contributed by atoms with Crippen LogP contribution in [0.5, 0.6) is 0 Å². The Morgan fingerprint density at radius 1 is 1.08 bits per heavy atom. The number of sulfonamides is 1. The first-order chi connectivity index (χ1) is 11.5. The van der Waals surface area contributed by atoms with E-state index in [0.717, 1.165) is 15.7 Å². The third kappa shape index (κ3) is 3.45. The average Bonchev–Trinajstić information content (AvgIpc) is 2.89. The van der Waals surface area contributed by atoms with Crippen molar-refractivity contribution >= 4 is 21.6 Å². The van der Waals surface area contributed by atoms with E-state index in [9.17, 15) is 13.2 Å². The van der Waals surface area contributed by atoms with E-state index in [-0.39, 0.29) is 17.3 Å². The molecule has 2 aromatic rings. The molecule has 0 unspecified atom stereocenters. The first-order valence-corrected chi connectivity index (χ1v) is 9.17. The monoisotopic (exact) mass is 368 g/mol. The molecule has 0 saturated heterocycles. The minimum Gasteiger partial charge on any atom is -0.321 e. The van der Waals surface area contributed by atoms with Crippen molar-refractivity contribution in [1.82, 2.24) is 23.9 Å². The lowest BCUT2D eigenvalue weighted by molar-refractivity contribution is -0.117. The fourth-order valence-corrected chi connectivity index (χ4v) is 3.92. The van der Waals surface area contributed by atoms with Gasteiger partial charge in [-0.25, -0.2) is 12.7 Å². The fourth-order valence-electron chi connectivity index (χ4n) is 2.66. The first kappa shape index (κ1) is 19.1. The van der Waals surface area contributed by atoms with E-state index in [1.54, 1.807) is 25.6 Å². The molecule has 1 amide bonds. The SMILES string of the molecule is Cc1nn(C)c(C)c1NC(=O)Cn1nc(C)c(S(=O)(=O)N(C)C)c1C. The summed E-state index contributed by atoms with van der Waals surface area (Å²) < 4.78 is 29.1. The van der Waals surface area contributed by atoms with Gasteiger partial charge < -0.3 is 5.32 Å². The van der Waals surface area contributed by atoms with E-state index in [2.05, 4.69) is 15.5 Å². The number of hydrogen-bond donors (Lipinski definition) is 1. The average molecular weight is 368 g/mol. The molecule has 9 nitrogen and oxygen atoms in total. The number of anilines is 1. The normalized spacial score (nSPS) is 12.0. The van der Waals surface area contributed by atoms with Gasteiger partial charge in [0.05, 0.1) is 28.5 Å². The Hall–Kier alpha value is -2.20. The highest BCUT2D eigenvalue weighted by Gasteiger charge is 2.27. The van der Waals surface area contributed by atoms with Crippen molar-refractivity contribution in [2.45, 2.75) is 39.1 Å². The number of nitrogens with zero attached hydrogens (tertiary/aromatic N) is 5. The molecule has 0 atom stereocenters. The van der Waals surface area contributed by atoms with Crippen molar-refractivity contribution in [3.05, 3.63) is 22.8 Å². The Kier molecular flexibility index (Phi) is 5.05. The summed E-state index contributed by atoms with van der Waals surface area (Å²) in [6, 6.07) is 0. The lowest BCUT2D eigenvalue weighted by Gasteiger charge is -2.12. The van der Waals surface area contributed by atoms with Gasteiger partial charge in [-0.05, 0) is 27.7 Å². The summed E-state index contributed by atoms with van der Waals surface area (Å²) >= 11 is 0. The smallest absolute Gasteiger partial charge is 0.246 e. The summed E-state index contributed by atoms with van der Waals surface area (Å²) in [5.74, 6) is -0.293. The van der Waals surface area contributed by atoms with E-state index in [4.69, 9.17) is 0 Å². The van der Waals surface area contributed by atoms with Gasteiger partial charge in [-0.3, -0.25) is 14.2 Å². The van der Waals surface area contributed by atoms with Crippen LogP contribution in [0.15, 0.2) is 4.90 Å². The van der Waals surface area contributed by atoms with Crippen LogP contribution in [0.3, 0.4) is 0 Å². The van der Waals surface area contributed by atoms with Gasteiger partial charge in [0.15, 0.2) is 0 Å². The number of carbonyl (C=O) groups excluding carboxylic acids is 1. The molecule has 0 aliphatic carbocycles. The Morgan fingerprint density at radius 2 is 1.68 bits per heavy atom. The molecule has 0 saturated carbocycles. The molecule has 138 valence electrons. The first-order valence-electron chi connectivity index (χ1n) is 7.73. The van der Waals surface area contributed by atoms with E-state index in [1.165, 1.54) is 18.8 Å². The lowest BCUT2D eigenvalue weighted by Crippen LogP contribution is -2.24. The van der Waals surface area contributed by atoms with Crippen LogP contribution in [0.2, 0.25) is 0 Å². The Labute approximate surface area is 147 Å². The molecule has 2 heterocycles. The zero-order valence-electron chi connectivity index (χ0n) is 15.6. The highest BCUT2D eigenvalue weighted by molar-refractivity contribution is 7.89. The maximum Gasteiger partial charge on any atom is 0.246 e. The van der Waals surface area contributed by atoms with Crippen LogP contribution in [0, 0.1) is 27.7 Å². The van der Waals surface area contributed by atoms with Gasteiger partial charge >= 0.3 is 0 Å². The summed E-state index contributed by atoms with van der Waals surface area (Å²) in [6.45, 7) is 6.86. The topological polar surface area (TPSA) is 102 Å². The number of amides is 1. The Morgan fingerprint density at radius 3 is 2.16 bits per heavy atom. The molecule has 25 heavy (non-hydrogen) atoms. The number of carbonyl (C=O) groups is 1. The highest BCUT2D eigenvalue weighted by Crippen LogP contribution is 2.22. The molecule has 2 aromatic heterocycles. The summed E-state index contributed by atoms with van der Waals surface area (Å²) in [5.41, 5.74) is 3.02. The zero-order chi connectivity index (χ0) is 19.1. The van der Waals surface area contributed by atoms with Crippen LogP contribution in [-0.4, -0.2) is 52.3 Å². The largest absolute Gasteiger partial charge is 0.321 e. The third-order valence-electron chi connectivity index (χ3n) is 4.12. The Balaban J connectivity index is 2.28. The second kappa shape index (κ2) is 6.60. The summed E-state index contributed by atoms with van der Waals surface area (Å²) in [7, 11) is 1.11. The molecular formula is C15H24N6O3S. The molecule has 0 bridgehead atoms. The minimum atomic E-state index is -3.62. The standard InChI is InChI=1S/C15H24N6O3S/c1-9-14(11(3)20(7)17-9)16-13(22)8-21-12(4)15(10(2)18-21)25(23,24)19(5)6/h8H2,1-7H3,(H,16,22). The molecule has 0 radical (unpaired) electrons. The summed E-state index contributed by atoms with van der Waals surface area (Å²) in [6.07, 6.45) is 0. The van der Waals surface area contributed by atoms with Crippen LogP contribution in [0.4, 0.5) is 5.69 Å². The molecule has 0 aliphatic heterocycles. The van der Waals surface area contributed by atoms with Crippen LogP contribution >= 0.6 is 0 Å². The molecule has 2 rings (SSSR count). The number of rotatable bonds is 5. The van der Waals surface area contributed by atoms with Gasteiger partial charge in [0.2, 0.25) is 15.9 Å². The van der Waals surface area contributed by atoms with Crippen molar-refractivity contribution in [2.75, 3.05) is 19.4 Å². The number of aryl methyl sites for hydroxylation is 3.